The van der Waals surface area contributed by atoms with E-state index < -0.39 is 11.2 Å². The Kier molecular flexibility index (Phi) is 6.68. The Hall–Kier alpha value is -2.31. The third-order valence-electron chi connectivity index (χ3n) is 6.15. The first-order valence-electron chi connectivity index (χ1n) is 11.0. The van der Waals surface area contributed by atoms with Crippen LogP contribution in [-0.2, 0) is 20.9 Å². The number of hydrogen-bond acceptors (Lipinski definition) is 4. The molecular formula is C25H30N2O3S. The fourth-order valence-electron chi connectivity index (χ4n) is 4.18. The second-order valence-corrected chi connectivity index (χ2v) is 9.71. The number of thioether (sulfide) groups is 1. The van der Waals surface area contributed by atoms with Crippen LogP contribution in [0.15, 0.2) is 47.4 Å². The molecule has 164 valence electrons. The summed E-state index contributed by atoms with van der Waals surface area (Å²) < 4.78 is 5.61. The minimum absolute atomic E-state index is 0.00984. The molecular weight excluding hydrogens is 408 g/mol. The monoisotopic (exact) mass is 438 g/mol. The zero-order valence-corrected chi connectivity index (χ0v) is 19.2. The first-order valence-corrected chi connectivity index (χ1v) is 11.8. The highest BCUT2D eigenvalue weighted by Gasteiger charge is 2.39. The van der Waals surface area contributed by atoms with E-state index in [1.807, 2.05) is 36.1 Å². The van der Waals surface area contributed by atoms with Crippen molar-refractivity contribution in [1.82, 2.24) is 5.32 Å². The van der Waals surface area contributed by atoms with Gasteiger partial charge >= 0.3 is 0 Å². The number of rotatable bonds is 6. The normalized spacial score (nSPS) is 21.6. The fraction of sp³-hybridized carbons (Fsp3) is 0.440. The van der Waals surface area contributed by atoms with E-state index in [2.05, 4.69) is 37.4 Å². The molecule has 2 aromatic rings. The van der Waals surface area contributed by atoms with E-state index >= 15 is 0 Å². The van der Waals surface area contributed by atoms with Gasteiger partial charge in [0, 0.05) is 18.0 Å². The van der Waals surface area contributed by atoms with Crippen LogP contribution in [0.4, 0.5) is 5.69 Å². The number of aryl methyl sites for hydroxylation is 2. The van der Waals surface area contributed by atoms with Gasteiger partial charge in [0.15, 0.2) is 0 Å². The molecule has 0 bridgehead atoms. The summed E-state index contributed by atoms with van der Waals surface area (Å²) in [5, 5.41) is 2.55. The lowest BCUT2D eigenvalue weighted by Gasteiger charge is -2.36. The van der Waals surface area contributed by atoms with Crippen LogP contribution in [0.5, 0.6) is 0 Å². The number of ether oxygens (including phenoxy) is 1. The summed E-state index contributed by atoms with van der Waals surface area (Å²) >= 11 is 1.50. The zero-order chi connectivity index (χ0) is 22.0. The molecule has 0 spiro atoms. The standard InChI is InChI=1S/C25H30N2O3S/c1-16-10-11-17(2)19(13-16)15-27-21-8-4-5-9-22(21)31-23(25(27)29)18(3)24(28)26-14-20-7-6-12-30-20/h4-5,8-11,13,18,20,23H,6-7,12,14-15H2,1-3H3,(H,26,28)/t18-,20-,23-/m0/s1. The van der Waals surface area contributed by atoms with Crippen molar-refractivity contribution in [2.75, 3.05) is 18.1 Å². The molecule has 0 aliphatic carbocycles. The molecule has 5 nitrogen and oxygen atoms in total. The maximum Gasteiger partial charge on any atom is 0.241 e. The fourth-order valence-corrected chi connectivity index (χ4v) is 5.46. The van der Waals surface area contributed by atoms with Crippen LogP contribution in [0.3, 0.4) is 0 Å². The number of hydrogen-bond donors (Lipinski definition) is 1. The highest BCUT2D eigenvalue weighted by Crippen LogP contribution is 2.42. The van der Waals surface area contributed by atoms with Gasteiger partial charge in [0.2, 0.25) is 11.8 Å². The molecule has 2 aliphatic rings. The van der Waals surface area contributed by atoms with Crippen molar-refractivity contribution in [3.63, 3.8) is 0 Å². The van der Waals surface area contributed by atoms with Crippen LogP contribution in [0, 0.1) is 19.8 Å². The number of carbonyl (C=O) groups is 2. The summed E-state index contributed by atoms with van der Waals surface area (Å²) in [6, 6.07) is 14.3. The number of carbonyl (C=O) groups excluding carboxylic acids is 2. The lowest BCUT2D eigenvalue weighted by molar-refractivity contribution is -0.128. The largest absolute Gasteiger partial charge is 0.376 e. The number of fused-ring (bicyclic) bond motifs is 1. The summed E-state index contributed by atoms with van der Waals surface area (Å²) in [4.78, 5) is 29.4. The third-order valence-corrected chi connectivity index (χ3v) is 7.61. The molecule has 2 aromatic carbocycles. The smallest absolute Gasteiger partial charge is 0.241 e. The molecule has 1 saturated heterocycles. The van der Waals surface area contributed by atoms with Crippen molar-refractivity contribution in [1.29, 1.82) is 0 Å². The molecule has 4 rings (SSSR count). The van der Waals surface area contributed by atoms with E-state index in [0.29, 0.717) is 13.1 Å². The third kappa shape index (κ3) is 4.80. The van der Waals surface area contributed by atoms with Crippen molar-refractivity contribution in [2.24, 2.45) is 5.92 Å². The van der Waals surface area contributed by atoms with E-state index in [-0.39, 0.29) is 17.9 Å². The minimum Gasteiger partial charge on any atom is -0.376 e. The van der Waals surface area contributed by atoms with Crippen LogP contribution < -0.4 is 10.2 Å². The lowest BCUT2D eigenvalue weighted by atomic mass is 10.0. The number of nitrogens with zero attached hydrogens (tertiary/aromatic N) is 1. The van der Waals surface area contributed by atoms with Gasteiger partial charge in [-0.2, -0.15) is 0 Å². The minimum atomic E-state index is -0.454. The van der Waals surface area contributed by atoms with Crippen molar-refractivity contribution < 1.29 is 14.3 Å². The average Bonchev–Trinajstić information content (AvgIpc) is 3.29. The summed E-state index contributed by atoms with van der Waals surface area (Å²) in [5.41, 5.74) is 4.38. The molecule has 2 aliphatic heterocycles. The van der Waals surface area contributed by atoms with Gasteiger partial charge in [-0.25, -0.2) is 0 Å². The quantitative estimate of drug-likeness (QED) is 0.733. The summed E-state index contributed by atoms with van der Waals surface area (Å²) in [7, 11) is 0. The molecule has 1 fully saturated rings. The van der Waals surface area contributed by atoms with Gasteiger partial charge in [0.1, 0.15) is 5.25 Å². The van der Waals surface area contributed by atoms with Gasteiger partial charge < -0.3 is 15.0 Å². The first kappa shape index (κ1) is 21.9. The topological polar surface area (TPSA) is 58.6 Å². The number of nitrogens with one attached hydrogen (secondary N) is 1. The van der Waals surface area contributed by atoms with Crippen molar-refractivity contribution in [2.45, 2.75) is 56.4 Å². The second-order valence-electron chi connectivity index (χ2n) is 8.53. The van der Waals surface area contributed by atoms with Gasteiger partial charge in [-0.3, -0.25) is 9.59 Å². The van der Waals surface area contributed by atoms with Crippen molar-refractivity contribution >= 4 is 29.3 Å². The molecule has 0 unspecified atom stereocenters. The molecule has 1 N–H and O–H groups in total. The van der Waals surface area contributed by atoms with E-state index in [0.717, 1.165) is 41.2 Å². The Morgan fingerprint density at radius 1 is 1.26 bits per heavy atom. The summed E-state index contributed by atoms with van der Waals surface area (Å²) in [6.45, 7) is 7.76. The average molecular weight is 439 g/mol. The lowest BCUT2D eigenvalue weighted by Crippen LogP contribution is -2.48. The Bertz CT molecular complexity index is 971. The maximum atomic E-state index is 13.6. The molecule has 2 heterocycles. The maximum absolute atomic E-state index is 13.6. The second kappa shape index (κ2) is 9.45. The van der Waals surface area contributed by atoms with Gasteiger partial charge in [-0.1, -0.05) is 42.8 Å². The number of benzene rings is 2. The van der Waals surface area contributed by atoms with Gasteiger partial charge in [0.25, 0.3) is 0 Å². The van der Waals surface area contributed by atoms with E-state index in [9.17, 15) is 9.59 Å². The van der Waals surface area contributed by atoms with Crippen molar-refractivity contribution in [3.8, 4) is 0 Å². The predicted molar refractivity (Wildman–Crippen MR) is 124 cm³/mol. The molecule has 6 heteroatoms. The molecule has 3 atom stereocenters. The molecule has 31 heavy (non-hydrogen) atoms. The summed E-state index contributed by atoms with van der Waals surface area (Å²) in [6.07, 6.45) is 2.10. The molecule has 2 amide bonds. The SMILES string of the molecule is Cc1ccc(C)c(CN2C(=O)[C@H]([C@H](C)C(=O)NC[C@@H]3CCCO3)Sc3ccccc32)c1. The van der Waals surface area contributed by atoms with Crippen LogP contribution >= 0.6 is 11.8 Å². The molecule has 0 saturated carbocycles. The van der Waals surface area contributed by atoms with Gasteiger partial charge in [0.05, 0.1) is 24.3 Å². The number of para-hydroxylation sites is 1. The summed E-state index contributed by atoms with van der Waals surface area (Å²) in [5.74, 6) is -0.537. The van der Waals surface area contributed by atoms with Gasteiger partial charge in [-0.15, -0.1) is 11.8 Å². The van der Waals surface area contributed by atoms with Crippen molar-refractivity contribution in [3.05, 3.63) is 59.2 Å². The van der Waals surface area contributed by atoms with Crippen LogP contribution in [0.25, 0.3) is 0 Å². The Morgan fingerprint density at radius 2 is 2.06 bits per heavy atom. The molecule has 0 radical (unpaired) electrons. The van der Waals surface area contributed by atoms with Crippen LogP contribution in [0.1, 0.15) is 36.5 Å². The number of anilines is 1. The van der Waals surface area contributed by atoms with E-state index in [1.54, 1.807) is 0 Å². The Labute approximate surface area is 188 Å². The highest BCUT2D eigenvalue weighted by atomic mass is 32.2. The zero-order valence-electron chi connectivity index (χ0n) is 18.4. The first-order chi connectivity index (χ1) is 14.9. The van der Waals surface area contributed by atoms with E-state index in [4.69, 9.17) is 4.74 Å². The van der Waals surface area contributed by atoms with Crippen LogP contribution in [-0.4, -0.2) is 36.3 Å². The molecule has 0 aromatic heterocycles. The number of amides is 2. The van der Waals surface area contributed by atoms with Crippen LogP contribution in [0.2, 0.25) is 0 Å². The Morgan fingerprint density at radius 3 is 2.84 bits per heavy atom. The van der Waals surface area contributed by atoms with E-state index in [1.165, 1.54) is 17.3 Å². The van der Waals surface area contributed by atoms with Gasteiger partial charge in [-0.05, 0) is 49.9 Å². The Balaban J connectivity index is 1.55. The highest BCUT2D eigenvalue weighted by molar-refractivity contribution is 8.01. The predicted octanol–water partition coefficient (Wildman–Crippen LogP) is 4.24.